The Labute approximate surface area is 133 Å². The summed E-state index contributed by atoms with van der Waals surface area (Å²) in [5, 5.41) is 10.3. The number of ether oxygens (including phenoxy) is 1. The summed E-state index contributed by atoms with van der Waals surface area (Å²) in [4.78, 5) is 22.3. The van der Waals surface area contributed by atoms with Crippen LogP contribution in [-0.2, 0) is 14.6 Å². The second-order valence-electron chi connectivity index (χ2n) is 5.70. The molecule has 7 nitrogen and oxygen atoms in total. The van der Waals surface area contributed by atoms with Crippen molar-refractivity contribution in [3.05, 3.63) is 45.5 Å². The number of sulfone groups is 1. The van der Waals surface area contributed by atoms with Crippen LogP contribution in [-0.4, -0.2) is 36.9 Å². The van der Waals surface area contributed by atoms with E-state index in [2.05, 4.69) is 4.74 Å². The summed E-state index contributed by atoms with van der Waals surface area (Å²) in [5.41, 5.74) is 0.915. The van der Waals surface area contributed by atoms with Crippen LogP contribution in [0.1, 0.15) is 35.2 Å². The van der Waals surface area contributed by atoms with Gasteiger partial charge in [0, 0.05) is 6.07 Å². The third kappa shape index (κ3) is 2.52. The number of carbonyl (C=O) groups excluding carboxylic acids is 1. The molecule has 2 aliphatic rings. The molecule has 0 saturated carbocycles. The van der Waals surface area contributed by atoms with E-state index in [9.17, 15) is 23.3 Å². The average Bonchev–Trinajstić information content (AvgIpc) is 2.71. The maximum atomic E-state index is 12.1. The van der Waals surface area contributed by atoms with Gasteiger partial charge in [-0.3, -0.25) is 10.1 Å². The summed E-state index contributed by atoms with van der Waals surface area (Å²) in [6, 6.07) is 4.13. The lowest BCUT2D eigenvalue weighted by Crippen LogP contribution is -2.26. The Bertz CT molecular complexity index is 826. The van der Waals surface area contributed by atoms with Crippen molar-refractivity contribution in [2.75, 3.05) is 7.11 Å². The Balaban J connectivity index is 2.07. The number of hydrogen-bond donors (Lipinski definition) is 0. The second-order valence-corrected chi connectivity index (χ2v) is 8.15. The number of methoxy groups -OCH3 is 1. The van der Waals surface area contributed by atoms with Crippen LogP contribution >= 0.6 is 0 Å². The van der Waals surface area contributed by atoms with Gasteiger partial charge in [-0.05, 0) is 37.0 Å². The van der Waals surface area contributed by atoms with E-state index in [1.54, 1.807) is 6.08 Å². The third-order valence-corrected chi connectivity index (χ3v) is 7.00. The van der Waals surface area contributed by atoms with E-state index in [4.69, 9.17) is 0 Å². The van der Waals surface area contributed by atoms with Crippen molar-refractivity contribution >= 4 is 27.1 Å². The van der Waals surface area contributed by atoms with Gasteiger partial charge < -0.3 is 4.74 Å². The molecule has 2 atom stereocenters. The van der Waals surface area contributed by atoms with Gasteiger partial charge in [0.15, 0.2) is 9.84 Å². The van der Waals surface area contributed by atoms with Crippen molar-refractivity contribution < 1.29 is 22.9 Å². The van der Waals surface area contributed by atoms with Crippen LogP contribution in [0.25, 0.3) is 5.57 Å². The minimum atomic E-state index is -3.15. The van der Waals surface area contributed by atoms with Crippen LogP contribution in [0.5, 0.6) is 0 Å². The molecule has 1 fully saturated rings. The SMILES string of the molecule is COC(=O)c1ccc(C2=CC3CCC(C2)S3(=O)=O)c([N+](=O)[O-])c1. The Hall–Kier alpha value is -2.22. The smallest absolute Gasteiger partial charge is 0.338 e. The predicted molar refractivity (Wildman–Crippen MR) is 82.8 cm³/mol. The maximum Gasteiger partial charge on any atom is 0.338 e. The van der Waals surface area contributed by atoms with Crippen molar-refractivity contribution in [1.82, 2.24) is 0 Å². The number of nitro benzene ring substituents is 1. The maximum absolute atomic E-state index is 12.1. The molecule has 8 heteroatoms. The quantitative estimate of drug-likeness (QED) is 0.475. The van der Waals surface area contributed by atoms with Crippen LogP contribution < -0.4 is 0 Å². The highest BCUT2D eigenvalue weighted by atomic mass is 32.2. The summed E-state index contributed by atoms with van der Waals surface area (Å²) in [6.45, 7) is 0. The lowest BCUT2D eigenvalue weighted by molar-refractivity contribution is -0.385. The molecule has 2 bridgehead atoms. The van der Waals surface area contributed by atoms with Gasteiger partial charge in [-0.25, -0.2) is 13.2 Å². The molecule has 0 aliphatic carbocycles. The standard InChI is InChI=1S/C15H15NO6S/c1-22-15(17)9-2-5-13(14(8-9)16(18)19)10-6-11-3-4-12(7-10)23(11,20)21/h2,5-6,8,11-12H,3-4,7H2,1H3. The summed E-state index contributed by atoms with van der Waals surface area (Å²) in [5.74, 6) is -0.653. The molecule has 0 N–H and O–H groups in total. The minimum absolute atomic E-state index is 0.0925. The van der Waals surface area contributed by atoms with Crippen LogP contribution in [0.15, 0.2) is 24.3 Å². The molecule has 23 heavy (non-hydrogen) atoms. The summed E-state index contributed by atoms with van der Waals surface area (Å²) >= 11 is 0. The largest absolute Gasteiger partial charge is 0.465 e. The average molecular weight is 337 g/mol. The fraction of sp³-hybridized carbons (Fsp3) is 0.400. The molecule has 2 unspecified atom stereocenters. The molecule has 1 saturated heterocycles. The molecule has 0 amide bonds. The van der Waals surface area contributed by atoms with Crippen molar-refractivity contribution in [1.29, 1.82) is 0 Å². The van der Waals surface area contributed by atoms with Gasteiger partial charge in [0.25, 0.3) is 5.69 Å². The number of nitro groups is 1. The molecule has 1 aromatic carbocycles. The van der Waals surface area contributed by atoms with Crippen LogP contribution in [0, 0.1) is 10.1 Å². The number of rotatable bonds is 3. The topological polar surface area (TPSA) is 104 Å². The lowest BCUT2D eigenvalue weighted by Gasteiger charge is -2.20. The van der Waals surface area contributed by atoms with E-state index in [1.165, 1.54) is 25.3 Å². The Kier molecular flexibility index (Phi) is 3.71. The highest BCUT2D eigenvalue weighted by Gasteiger charge is 2.44. The zero-order valence-electron chi connectivity index (χ0n) is 12.4. The first-order valence-corrected chi connectivity index (χ1v) is 8.76. The first kappa shape index (κ1) is 15.7. The summed E-state index contributed by atoms with van der Waals surface area (Å²) in [6.07, 6.45) is 3.04. The number of esters is 1. The van der Waals surface area contributed by atoms with Gasteiger partial charge in [-0.1, -0.05) is 6.08 Å². The van der Waals surface area contributed by atoms with Gasteiger partial charge in [-0.2, -0.15) is 0 Å². The highest BCUT2D eigenvalue weighted by Crippen LogP contribution is 2.42. The Morgan fingerprint density at radius 2 is 2.09 bits per heavy atom. The van der Waals surface area contributed by atoms with E-state index in [1.807, 2.05) is 0 Å². The fourth-order valence-corrected chi connectivity index (χ4v) is 5.45. The van der Waals surface area contributed by atoms with Crippen molar-refractivity contribution in [2.45, 2.75) is 29.8 Å². The molecule has 0 aromatic heterocycles. The first-order chi connectivity index (χ1) is 10.8. The summed E-state index contributed by atoms with van der Waals surface area (Å²) in [7, 11) is -1.95. The van der Waals surface area contributed by atoms with Crippen LogP contribution in [0.2, 0.25) is 0 Å². The molecule has 2 heterocycles. The van der Waals surface area contributed by atoms with Gasteiger partial charge in [0.2, 0.25) is 0 Å². The molecule has 2 aliphatic heterocycles. The van der Waals surface area contributed by atoms with Gasteiger partial charge in [0.05, 0.1) is 33.7 Å². The third-order valence-electron chi connectivity index (χ3n) is 4.46. The zero-order chi connectivity index (χ0) is 16.8. The first-order valence-electron chi connectivity index (χ1n) is 7.15. The number of benzene rings is 1. The molecule has 122 valence electrons. The second kappa shape index (κ2) is 5.45. The summed E-state index contributed by atoms with van der Waals surface area (Å²) < 4.78 is 28.8. The van der Waals surface area contributed by atoms with Crippen molar-refractivity contribution in [2.24, 2.45) is 0 Å². The molecular weight excluding hydrogens is 322 g/mol. The van der Waals surface area contributed by atoms with E-state index in [0.717, 1.165) is 0 Å². The zero-order valence-corrected chi connectivity index (χ0v) is 13.2. The van der Waals surface area contributed by atoms with Crippen molar-refractivity contribution in [3.63, 3.8) is 0 Å². The Morgan fingerprint density at radius 3 is 2.70 bits per heavy atom. The van der Waals surface area contributed by atoms with Gasteiger partial charge in [0.1, 0.15) is 0 Å². The minimum Gasteiger partial charge on any atom is -0.465 e. The van der Waals surface area contributed by atoms with E-state index < -0.39 is 31.2 Å². The Morgan fingerprint density at radius 1 is 1.35 bits per heavy atom. The molecule has 1 aromatic rings. The van der Waals surface area contributed by atoms with Crippen molar-refractivity contribution in [3.8, 4) is 0 Å². The molecule has 0 radical (unpaired) electrons. The van der Waals surface area contributed by atoms with E-state index in [0.29, 0.717) is 24.0 Å². The number of fused-ring (bicyclic) bond motifs is 2. The predicted octanol–water partition coefficient (Wildman–Crippen LogP) is 2.11. The molecular formula is C15H15NO6S. The van der Waals surface area contributed by atoms with Crippen LogP contribution in [0.3, 0.4) is 0 Å². The monoisotopic (exact) mass is 337 g/mol. The molecule has 3 rings (SSSR count). The number of allylic oxidation sites excluding steroid dienone is 1. The van der Waals surface area contributed by atoms with Gasteiger partial charge in [-0.15, -0.1) is 0 Å². The van der Waals surface area contributed by atoms with E-state index in [-0.39, 0.29) is 17.7 Å². The number of nitrogens with zero attached hydrogens (tertiary/aromatic N) is 1. The number of hydrogen-bond acceptors (Lipinski definition) is 6. The highest BCUT2D eigenvalue weighted by molar-refractivity contribution is 7.93. The van der Waals surface area contributed by atoms with Crippen LogP contribution in [0.4, 0.5) is 5.69 Å². The van der Waals surface area contributed by atoms with E-state index >= 15 is 0 Å². The normalized spacial score (nSPS) is 24.8. The lowest BCUT2D eigenvalue weighted by atomic mass is 9.97. The number of carbonyl (C=O) groups is 1. The fourth-order valence-electron chi connectivity index (χ4n) is 3.26. The molecule has 0 spiro atoms. The van der Waals surface area contributed by atoms with Gasteiger partial charge >= 0.3 is 5.97 Å².